The summed E-state index contributed by atoms with van der Waals surface area (Å²) < 4.78 is 18.7. The van der Waals surface area contributed by atoms with Gasteiger partial charge >= 0.3 is 6.03 Å². The molecule has 0 saturated carbocycles. The van der Waals surface area contributed by atoms with Crippen LogP contribution in [0.25, 0.3) is 16.6 Å². The van der Waals surface area contributed by atoms with Gasteiger partial charge in [0, 0.05) is 30.8 Å². The Kier molecular flexibility index (Phi) is 6.28. The molecule has 5 rings (SSSR count). The van der Waals surface area contributed by atoms with E-state index in [9.17, 15) is 14.4 Å². The van der Waals surface area contributed by atoms with Gasteiger partial charge in [-0.1, -0.05) is 0 Å². The van der Waals surface area contributed by atoms with Gasteiger partial charge in [0.05, 0.1) is 24.0 Å². The predicted molar refractivity (Wildman–Crippen MR) is 132 cm³/mol. The average molecular weight is 501 g/mol. The first kappa shape index (κ1) is 23.9. The summed E-state index contributed by atoms with van der Waals surface area (Å²) in [4.78, 5) is 40.9. The van der Waals surface area contributed by atoms with E-state index in [0.717, 1.165) is 22.3 Å². The summed E-state index contributed by atoms with van der Waals surface area (Å²) in [6, 6.07) is 15.0. The number of barbiturate groups is 1. The third kappa shape index (κ3) is 4.71. The van der Waals surface area contributed by atoms with Gasteiger partial charge in [-0.3, -0.25) is 25.2 Å². The molecule has 0 radical (unpaired) electrons. The van der Waals surface area contributed by atoms with Crippen LogP contribution in [0.4, 0.5) is 4.79 Å². The maximum absolute atomic E-state index is 12.6. The molecule has 1 aliphatic rings. The van der Waals surface area contributed by atoms with E-state index in [2.05, 4.69) is 20.7 Å². The fourth-order valence-corrected chi connectivity index (χ4v) is 4.01. The van der Waals surface area contributed by atoms with Gasteiger partial charge in [-0.2, -0.15) is 5.10 Å². The monoisotopic (exact) mass is 501 g/mol. The molecule has 4 amide bonds. The minimum absolute atomic E-state index is 0.0655. The number of amides is 4. The number of hydrogen-bond acceptors (Lipinski definition) is 8. The number of pyridine rings is 1. The van der Waals surface area contributed by atoms with E-state index >= 15 is 0 Å². The molecule has 0 unspecified atom stereocenters. The Bertz CT molecular complexity index is 1480. The fraction of sp³-hybridized carbons (Fsp3) is 0.192. The first-order chi connectivity index (χ1) is 17.9. The number of nitrogens with one attached hydrogen (secondary N) is 2. The number of urea groups is 1. The predicted octanol–water partition coefficient (Wildman–Crippen LogP) is 3.04. The van der Waals surface area contributed by atoms with Gasteiger partial charge in [-0.05, 0) is 61.5 Å². The molecule has 188 valence electrons. The van der Waals surface area contributed by atoms with Crippen LogP contribution in [-0.4, -0.2) is 51.9 Å². The Morgan fingerprint density at radius 3 is 2.32 bits per heavy atom. The Labute approximate surface area is 211 Å². The highest BCUT2D eigenvalue weighted by Crippen LogP contribution is 2.30. The summed E-state index contributed by atoms with van der Waals surface area (Å²) >= 11 is 0. The number of ether oxygens (including phenoxy) is 3. The molecule has 2 aromatic heterocycles. The number of carbonyl (C=O) groups is 3. The minimum atomic E-state index is -1.94. The molecule has 11 nitrogen and oxygen atoms in total. The van der Waals surface area contributed by atoms with E-state index in [1.807, 2.05) is 41.9 Å². The van der Waals surface area contributed by atoms with E-state index in [0.29, 0.717) is 11.5 Å². The van der Waals surface area contributed by atoms with Crippen molar-refractivity contribution >= 4 is 28.7 Å². The Hall–Kier alpha value is -4.77. The van der Waals surface area contributed by atoms with E-state index < -0.39 is 23.4 Å². The number of aromatic nitrogens is 3. The standard InChI is InChI=1S/C26H23N5O6/c1-16-13-18(9-11-27-16)31-22-8-7-21(14-17(22)15-28-31)36-19-3-5-20(6-4-19)37-26(10-12-35-2)23(32)29-25(34)30-24(26)33/h3-9,11,13-15H,10,12H2,1-2H3,(H2,29,30,32,33,34). The molecule has 0 atom stereocenters. The molecule has 3 heterocycles. The van der Waals surface area contributed by atoms with Gasteiger partial charge in [0.2, 0.25) is 0 Å². The van der Waals surface area contributed by atoms with Crippen LogP contribution in [0, 0.1) is 6.92 Å². The highest BCUT2D eigenvalue weighted by Gasteiger charge is 2.52. The summed E-state index contributed by atoms with van der Waals surface area (Å²) in [5.74, 6) is -0.341. The maximum atomic E-state index is 12.6. The molecule has 11 heteroatoms. The summed E-state index contributed by atoms with van der Waals surface area (Å²) in [5.41, 5.74) is 0.798. The van der Waals surface area contributed by atoms with E-state index in [1.165, 1.54) is 7.11 Å². The zero-order valence-electron chi connectivity index (χ0n) is 20.1. The van der Waals surface area contributed by atoms with Crippen LogP contribution in [0.1, 0.15) is 12.1 Å². The van der Waals surface area contributed by atoms with Crippen molar-refractivity contribution in [1.82, 2.24) is 25.4 Å². The van der Waals surface area contributed by atoms with Crippen molar-refractivity contribution in [2.45, 2.75) is 18.9 Å². The molecular formula is C26H23N5O6. The number of carbonyl (C=O) groups excluding carboxylic acids is 3. The van der Waals surface area contributed by atoms with Crippen molar-refractivity contribution in [3.8, 4) is 22.9 Å². The molecule has 0 bridgehead atoms. The number of methoxy groups -OCH3 is 1. The zero-order chi connectivity index (χ0) is 26.0. The lowest BCUT2D eigenvalue weighted by molar-refractivity contribution is -0.153. The number of aryl methyl sites for hydroxylation is 1. The molecule has 0 aliphatic carbocycles. The number of imide groups is 2. The van der Waals surface area contributed by atoms with Gasteiger partial charge in [0.25, 0.3) is 17.4 Å². The van der Waals surface area contributed by atoms with Crippen LogP contribution in [0.3, 0.4) is 0 Å². The average Bonchev–Trinajstić information content (AvgIpc) is 3.30. The highest BCUT2D eigenvalue weighted by molar-refractivity contribution is 6.21. The van der Waals surface area contributed by atoms with Gasteiger partial charge in [0.15, 0.2) is 0 Å². The molecular weight excluding hydrogens is 478 g/mol. The Morgan fingerprint density at radius 1 is 0.919 bits per heavy atom. The van der Waals surface area contributed by atoms with Crippen LogP contribution in [0.5, 0.6) is 17.2 Å². The lowest BCUT2D eigenvalue weighted by Crippen LogP contribution is -2.69. The second-order valence-electron chi connectivity index (χ2n) is 8.42. The van der Waals surface area contributed by atoms with Crippen LogP contribution in [0.15, 0.2) is 67.0 Å². The molecule has 37 heavy (non-hydrogen) atoms. The summed E-state index contributed by atoms with van der Waals surface area (Å²) in [6.45, 7) is 1.99. The topological polar surface area (TPSA) is 134 Å². The highest BCUT2D eigenvalue weighted by atomic mass is 16.5. The smallest absolute Gasteiger partial charge is 0.328 e. The van der Waals surface area contributed by atoms with E-state index in [4.69, 9.17) is 14.2 Å². The quantitative estimate of drug-likeness (QED) is 0.352. The van der Waals surface area contributed by atoms with Crippen LogP contribution >= 0.6 is 0 Å². The summed E-state index contributed by atoms with van der Waals surface area (Å²) in [5, 5.41) is 9.54. The van der Waals surface area contributed by atoms with Crippen LogP contribution in [-0.2, 0) is 14.3 Å². The second-order valence-corrected chi connectivity index (χ2v) is 8.42. The first-order valence-corrected chi connectivity index (χ1v) is 11.4. The number of fused-ring (bicyclic) bond motifs is 1. The third-order valence-electron chi connectivity index (χ3n) is 5.86. The largest absolute Gasteiger partial charge is 0.467 e. The minimum Gasteiger partial charge on any atom is -0.467 e. The molecule has 1 saturated heterocycles. The number of hydrogen-bond donors (Lipinski definition) is 2. The van der Waals surface area contributed by atoms with Crippen molar-refractivity contribution in [2.75, 3.05) is 13.7 Å². The van der Waals surface area contributed by atoms with Gasteiger partial charge in [-0.25, -0.2) is 9.48 Å². The van der Waals surface area contributed by atoms with Crippen molar-refractivity contribution in [3.63, 3.8) is 0 Å². The lowest BCUT2D eigenvalue weighted by atomic mass is 9.95. The second kappa shape index (κ2) is 9.70. The Morgan fingerprint density at radius 2 is 1.62 bits per heavy atom. The Balaban J connectivity index is 1.33. The SMILES string of the molecule is COCCC1(Oc2ccc(Oc3ccc4c(cnn4-c4ccnc(C)c4)c3)cc2)C(=O)NC(=O)NC1=O. The van der Waals surface area contributed by atoms with Gasteiger partial charge < -0.3 is 14.2 Å². The lowest BCUT2D eigenvalue weighted by Gasteiger charge is -2.34. The number of rotatable bonds is 8. The molecule has 1 aliphatic heterocycles. The summed E-state index contributed by atoms with van der Waals surface area (Å²) in [6.07, 6.45) is 3.42. The molecule has 1 fully saturated rings. The zero-order valence-corrected chi connectivity index (χ0v) is 20.1. The normalized spacial score (nSPS) is 14.8. The number of benzene rings is 2. The maximum Gasteiger partial charge on any atom is 0.328 e. The number of nitrogens with zero attached hydrogens (tertiary/aromatic N) is 3. The molecule has 2 N–H and O–H groups in total. The van der Waals surface area contributed by atoms with Gasteiger partial charge in [-0.15, -0.1) is 0 Å². The first-order valence-electron chi connectivity index (χ1n) is 11.4. The van der Waals surface area contributed by atoms with Crippen molar-refractivity contribution in [1.29, 1.82) is 0 Å². The fourth-order valence-electron chi connectivity index (χ4n) is 4.01. The molecule has 2 aromatic carbocycles. The van der Waals surface area contributed by atoms with Crippen LogP contribution < -0.4 is 20.1 Å². The molecule has 0 spiro atoms. The van der Waals surface area contributed by atoms with Gasteiger partial charge in [0.1, 0.15) is 17.2 Å². The molecule has 4 aromatic rings. The van der Waals surface area contributed by atoms with Crippen molar-refractivity contribution in [2.24, 2.45) is 0 Å². The van der Waals surface area contributed by atoms with Crippen LogP contribution in [0.2, 0.25) is 0 Å². The van der Waals surface area contributed by atoms with E-state index in [1.54, 1.807) is 36.7 Å². The van der Waals surface area contributed by atoms with E-state index in [-0.39, 0.29) is 18.8 Å². The van der Waals surface area contributed by atoms with Crippen molar-refractivity contribution < 1.29 is 28.6 Å². The summed E-state index contributed by atoms with van der Waals surface area (Å²) in [7, 11) is 1.44. The van der Waals surface area contributed by atoms with Crippen molar-refractivity contribution in [3.05, 3.63) is 72.7 Å². The third-order valence-corrected chi connectivity index (χ3v) is 5.86.